The van der Waals surface area contributed by atoms with Crippen LogP contribution in [0.3, 0.4) is 0 Å². The minimum absolute atomic E-state index is 0.448. The minimum Gasteiger partial charge on any atom is -0.329 e. The van der Waals surface area contributed by atoms with Crippen molar-refractivity contribution in [2.24, 2.45) is 11.7 Å². The molecule has 3 N–H and O–H groups in total. The van der Waals surface area contributed by atoms with Crippen molar-refractivity contribution in [3.63, 3.8) is 0 Å². The Morgan fingerprint density at radius 3 is 2.62 bits per heavy atom. The van der Waals surface area contributed by atoms with Gasteiger partial charge >= 0.3 is 0 Å². The van der Waals surface area contributed by atoms with E-state index in [1.54, 1.807) is 0 Å². The predicted octanol–water partition coefficient (Wildman–Crippen LogP) is 1.36. The van der Waals surface area contributed by atoms with Crippen molar-refractivity contribution in [2.75, 3.05) is 13.1 Å². The van der Waals surface area contributed by atoms with Gasteiger partial charge in [-0.05, 0) is 12.8 Å². The fraction of sp³-hybridized carbons (Fsp3) is 0.818. The van der Waals surface area contributed by atoms with Gasteiger partial charge in [0, 0.05) is 25.6 Å². The van der Waals surface area contributed by atoms with Crippen LogP contribution in [-0.2, 0) is 0 Å². The van der Waals surface area contributed by atoms with Gasteiger partial charge in [-0.25, -0.2) is 0 Å². The maximum atomic E-state index is 5.67. The van der Waals surface area contributed by atoms with Crippen LogP contribution in [-0.4, -0.2) is 19.1 Å². The van der Waals surface area contributed by atoms with E-state index in [1.165, 1.54) is 6.42 Å². The molecule has 0 spiro atoms. The first-order valence-corrected chi connectivity index (χ1v) is 5.09. The van der Waals surface area contributed by atoms with E-state index in [-0.39, 0.29) is 0 Å². The van der Waals surface area contributed by atoms with Crippen molar-refractivity contribution >= 4 is 0 Å². The summed E-state index contributed by atoms with van der Waals surface area (Å²) in [7, 11) is 0. The first-order chi connectivity index (χ1) is 6.26. The van der Waals surface area contributed by atoms with Crippen molar-refractivity contribution in [3.8, 4) is 11.8 Å². The second-order valence-corrected chi connectivity index (χ2v) is 3.36. The molecule has 0 aliphatic heterocycles. The summed E-state index contributed by atoms with van der Waals surface area (Å²) in [6.45, 7) is 7.97. The Kier molecular flexibility index (Phi) is 7.77. The van der Waals surface area contributed by atoms with Crippen LogP contribution in [0.15, 0.2) is 0 Å². The van der Waals surface area contributed by atoms with Crippen LogP contribution in [0.2, 0.25) is 0 Å². The predicted molar refractivity (Wildman–Crippen MR) is 58.4 cm³/mol. The fourth-order valence-electron chi connectivity index (χ4n) is 1.25. The Labute approximate surface area is 82.3 Å². The van der Waals surface area contributed by atoms with Crippen molar-refractivity contribution in [1.82, 2.24) is 5.32 Å². The lowest BCUT2D eigenvalue weighted by molar-refractivity contribution is 0.376. The van der Waals surface area contributed by atoms with Crippen LogP contribution in [0.5, 0.6) is 0 Å². The fourth-order valence-corrected chi connectivity index (χ4v) is 1.25. The highest BCUT2D eigenvalue weighted by atomic mass is 14.9. The second-order valence-electron chi connectivity index (χ2n) is 3.36. The summed E-state index contributed by atoms with van der Waals surface area (Å²) in [5, 5.41) is 3.43. The summed E-state index contributed by atoms with van der Waals surface area (Å²) in [4.78, 5) is 0. The van der Waals surface area contributed by atoms with E-state index in [0.717, 1.165) is 13.0 Å². The number of hydrogen-bond acceptors (Lipinski definition) is 2. The molecular formula is C11H22N2. The van der Waals surface area contributed by atoms with Gasteiger partial charge in [-0.2, -0.15) is 0 Å². The summed E-state index contributed by atoms with van der Waals surface area (Å²) in [6, 6.07) is 0.448. The minimum atomic E-state index is 0.448. The third-order valence-corrected chi connectivity index (χ3v) is 2.42. The lowest BCUT2D eigenvalue weighted by Gasteiger charge is -2.22. The maximum absolute atomic E-state index is 5.67. The zero-order valence-corrected chi connectivity index (χ0v) is 9.06. The molecule has 76 valence electrons. The Bertz CT molecular complexity index is 167. The second kappa shape index (κ2) is 8.10. The Morgan fingerprint density at radius 1 is 1.46 bits per heavy atom. The van der Waals surface area contributed by atoms with Gasteiger partial charge in [-0.15, -0.1) is 11.8 Å². The molecule has 0 amide bonds. The summed E-state index contributed by atoms with van der Waals surface area (Å²) in [5.41, 5.74) is 5.67. The summed E-state index contributed by atoms with van der Waals surface area (Å²) >= 11 is 0. The molecule has 0 saturated carbocycles. The average Bonchev–Trinajstić information content (AvgIpc) is 2.17. The zero-order valence-electron chi connectivity index (χ0n) is 9.06. The number of rotatable bonds is 6. The molecule has 2 unspecified atom stereocenters. The van der Waals surface area contributed by atoms with Gasteiger partial charge in [0.05, 0.1) is 0 Å². The Balaban J connectivity index is 3.63. The summed E-state index contributed by atoms with van der Waals surface area (Å²) in [5.74, 6) is 6.57. The number of hydrogen-bond donors (Lipinski definition) is 2. The molecular weight excluding hydrogens is 160 g/mol. The van der Waals surface area contributed by atoms with E-state index in [1.807, 2.05) is 6.92 Å². The third-order valence-electron chi connectivity index (χ3n) is 2.42. The van der Waals surface area contributed by atoms with Crippen molar-refractivity contribution in [3.05, 3.63) is 0 Å². The molecule has 0 radical (unpaired) electrons. The van der Waals surface area contributed by atoms with E-state index < -0.39 is 0 Å². The molecule has 0 rings (SSSR count). The van der Waals surface area contributed by atoms with Crippen molar-refractivity contribution in [1.29, 1.82) is 0 Å². The van der Waals surface area contributed by atoms with E-state index in [0.29, 0.717) is 18.5 Å². The van der Waals surface area contributed by atoms with Gasteiger partial charge in [0.15, 0.2) is 0 Å². The normalized spacial score (nSPS) is 14.5. The first-order valence-electron chi connectivity index (χ1n) is 5.09. The van der Waals surface area contributed by atoms with Crippen molar-refractivity contribution < 1.29 is 0 Å². The molecule has 0 aliphatic rings. The summed E-state index contributed by atoms with van der Waals surface area (Å²) < 4.78 is 0. The van der Waals surface area contributed by atoms with E-state index in [9.17, 15) is 0 Å². The monoisotopic (exact) mass is 182 g/mol. The van der Waals surface area contributed by atoms with Gasteiger partial charge in [-0.1, -0.05) is 20.3 Å². The van der Waals surface area contributed by atoms with E-state index >= 15 is 0 Å². The largest absolute Gasteiger partial charge is 0.329 e. The highest BCUT2D eigenvalue weighted by molar-refractivity contribution is 4.95. The molecule has 2 nitrogen and oxygen atoms in total. The number of nitrogens with two attached hydrogens (primary N) is 1. The van der Waals surface area contributed by atoms with Gasteiger partial charge < -0.3 is 11.1 Å². The number of nitrogens with one attached hydrogen (secondary N) is 1. The standard InChI is InChI=1S/C11H22N2/c1-4-6-7-8-13-11(9-12)10(3)5-2/h10-11,13H,5,7-9,12H2,1-3H3. The highest BCUT2D eigenvalue weighted by Crippen LogP contribution is 2.05. The molecule has 0 aliphatic carbocycles. The Hall–Kier alpha value is -0.520. The lowest BCUT2D eigenvalue weighted by atomic mass is 9.99. The highest BCUT2D eigenvalue weighted by Gasteiger charge is 2.11. The molecule has 0 heterocycles. The topological polar surface area (TPSA) is 38.0 Å². The smallest absolute Gasteiger partial charge is 0.0216 e. The van der Waals surface area contributed by atoms with Crippen molar-refractivity contribution in [2.45, 2.75) is 39.7 Å². The molecule has 0 fully saturated rings. The average molecular weight is 182 g/mol. The van der Waals surface area contributed by atoms with E-state index in [2.05, 4.69) is 31.0 Å². The molecule has 13 heavy (non-hydrogen) atoms. The van der Waals surface area contributed by atoms with Crippen LogP contribution < -0.4 is 11.1 Å². The molecule has 0 saturated heterocycles. The Morgan fingerprint density at radius 2 is 2.15 bits per heavy atom. The summed E-state index contributed by atoms with van der Waals surface area (Å²) in [6.07, 6.45) is 2.09. The van der Waals surface area contributed by atoms with Crippen LogP contribution in [0.1, 0.15) is 33.6 Å². The van der Waals surface area contributed by atoms with Crippen LogP contribution in [0.25, 0.3) is 0 Å². The zero-order chi connectivity index (χ0) is 10.1. The first kappa shape index (κ1) is 12.5. The lowest BCUT2D eigenvalue weighted by Crippen LogP contribution is -2.41. The molecule has 0 aromatic carbocycles. The van der Waals surface area contributed by atoms with E-state index in [4.69, 9.17) is 5.73 Å². The van der Waals surface area contributed by atoms with Gasteiger partial charge in [0.1, 0.15) is 0 Å². The van der Waals surface area contributed by atoms with Crippen LogP contribution in [0.4, 0.5) is 0 Å². The molecule has 2 atom stereocenters. The van der Waals surface area contributed by atoms with Crippen LogP contribution >= 0.6 is 0 Å². The quantitative estimate of drug-likeness (QED) is 0.481. The molecule has 0 bridgehead atoms. The van der Waals surface area contributed by atoms with Gasteiger partial charge in [0.25, 0.3) is 0 Å². The maximum Gasteiger partial charge on any atom is 0.0216 e. The van der Waals surface area contributed by atoms with Crippen LogP contribution in [0, 0.1) is 17.8 Å². The van der Waals surface area contributed by atoms with Gasteiger partial charge in [0.2, 0.25) is 0 Å². The molecule has 2 heteroatoms. The molecule has 0 aromatic rings. The van der Waals surface area contributed by atoms with Gasteiger partial charge in [-0.3, -0.25) is 0 Å². The SMILES string of the molecule is CC#CCCNC(CN)C(C)CC. The third kappa shape index (κ3) is 5.68. The molecule has 0 aromatic heterocycles.